The Morgan fingerprint density at radius 1 is 0.977 bits per heavy atom. The molecule has 0 saturated carbocycles. The first-order chi connectivity index (χ1) is 20.6. The van der Waals surface area contributed by atoms with Crippen molar-refractivity contribution in [1.29, 1.82) is 0 Å². The van der Waals surface area contributed by atoms with Gasteiger partial charge in [-0.15, -0.1) is 0 Å². The van der Waals surface area contributed by atoms with E-state index in [1.807, 2.05) is 51.1 Å². The molecule has 44 heavy (non-hydrogen) atoms. The Balaban J connectivity index is 1.45. The zero-order valence-corrected chi connectivity index (χ0v) is 25.8. The molecule has 1 aliphatic heterocycles. The zero-order valence-electron chi connectivity index (χ0n) is 24.9. The number of cyclic esters (lactones) is 1. The summed E-state index contributed by atoms with van der Waals surface area (Å²) < 4.78 is 72.5. The number of anilines is 1. The quantitative estimate of drug-likeness (QED) is 0.198. The zero-order chi connectivity index (χ0) is 32.2. The van der Waals surface area contributed by atoms with E-state index in [0.29, 0.717) is 31.5 Å². The van der Waals surface area contributed by atoms with Crippen LogP contribution in [0, 0.1) is 5.41 Å². The van der Waals surface area contributed by atoms with Crippen molar-refractivity contribution >= 4 is 21.7 Å². The molecule has 0 unspecified atom stereocenters. The number of carbonyl (C=O) groups excluding carboxylic acids is 1. The highest BCUT2D eigenvalue weighted by molar-refractivity contribution is 7.92. The summed E-state index contributed by atoms with van der Waals surface area (Å²) in [6.07, 6.45) is -0.486. The van der Waals surface area contributed by atoms with Crippen molar-refractivity contribution in [3.05, 3.63) is 101 Å². The minimum absolute atomic E-state index is 0.0430. The molecule has 0 saturated heterocycles. The van der Waals surface area contributed by atoms with Gasteiger partial charge in [-0.05, 0) is 72.9 Å². The number of aliphatic hydroxyl groups is 1. The molecule has 0 spiro atoms. The molecule has 3 aromatic rings. The van der Waals surface area contributed by atoms with Crippen LogP contribution in [0.15, 0.2) is 89.3 Å². The number of aryl methyl sites for hydroxylation is 1. The van der Waals surface area contributed by atoms with E-state index in [9.17, 15) is 31.5 Å². The van der Waals surface area contributed by atoms with Crippen LogP contribution < -0.4 is 4.72 Å². The average Bonchev–Trinajstić information content (AvgIpc) is 2.94. The van der Waals surface area contributed by atoms with Gasteiger partial charge in [-0.2, -0.15) is 21.6 Å². The molecule has 0 fully saturated rings. The van der Waals surface area contributed by atoms with Crippen molar-refractivity contribution in [1.82, 2.24) is 4.98 Å². The number of aromatic nitrogens is 1. The van der Waals surface area contributed by atoms with Crippen molar-refractivity contribution < 1.29 is 36.2 Å². The molecule has 1 atom stereocenters. The molecule has 2 aromatic carbocycles. The number of nitrogens with one attached hydrogen (secondary N) is 1. The molecule has 0 aliphatic carbocycles. The number of aliphatic hydroxyl groups excluding tert-OH is 1. The Bertz CT molecular complexity index is 1600. The monoisotopic (exact) mass is 630 g/mol. The minimum Gasteiger partial charge on any atom is -0.512 e. The maximum atomic E-state index is 13.3. The van der Waals surface area contributed by atoms with Crippen molar-refractivity contribution in [2.24, 2.45) is 5.41 Å². The molecule has 2 N–H and O–H groups in total. The first kappa shape index (κ1) is 33.0. The molecule has 0 amide bonds. The molecule has 2 heterocycles. The fraction of sp³-hybridized carbons (Fsp3) is 0.394. The highest BCUT2D eigenvalue weighted by Crippen LogP contribution is 2.41. The SMILES string of the molecule is CCC[C@@]1(CCc2ccccc2)CC(O)=C(CC(C)(C)Cc2cccc(NS(=O)(=O)c3ccc(C(F)(F)F)cn3)c2)C(=O)O1. The number of ether oxygens (including phenoxy) is 1. The number of esters is 1. The Labute approximate surface area is 256 Å². The number of alkyl halides is 3. The minimum atomic E-state index is -4.63. The van der Waals surface area contributed by atoms with Crippen LogP contribution in [0.4, 0.5) is 18.9 Å². The molecule has 4 rings (SSSR count). The second kappa shape index (κ2) is 13.0. The summed E-state index contributed by atoms with van der Waals surface area (Å²) in [7, 11) is -4.24. The van der Waals surface area contributed by atoms with E-state index in [2.05, 4.69) is 9.71 Å². The van der Waals surface area contributed by atoms with Crippen LogP contribution in [0.2, 0.25) is 0 Å². The van der Waals surface area contributed by atoms with Gasteiger partial charge in [-0.1, -0.05) is 69.7 Å². The van der Waals surface area contributed by atoms with E-state index >= 15 is 0 Å². The van der Waals surface area contributed by atoms with E-state index in [-0.39, 0.29) is 29.9 Å². The third-order valence-electron chi connectivity index (χ3n) is 7.67. The summed E-state index contributed by atoms with van der Waals surface area (Å²) in [6, 6.07) is 18.0. The standard InChI is InChI=1S/C33H37F3N2O5S/c1-4-16-32(17-15-23-9-6-5-7-10-23)21-28(39)27(30(40)43-32)20-31(2,3)19-24-11-8-12-26(18-24)38-44(41,42)29-14-13-25(22-37-29)33(34,35)36/h5-14,18,22,38-39H,4,15-17,19-21H2,1-3H3/t32-/m1/s1. The fourth-order valence-corrected chi connectivity index (χ4v) is 6.61. The second-order valence-electron chi connectivity index (χ2n) is 12.1. The largest absolute Gasteiger partial charge is 0.512 e. The van der Waals surface area contributed by atoms with Crippen LogP contribution >= 0.6 is 0 Å². The highest BCUT2D eigenvalue weighted by atomic mass is 32.2. The summed E-state index contributed by atoms with van der Waals surface area (Å²) >= 11 is 0. The lowest BCUT2D eigenvalue weighted by Gasteiger charge is -2.38. The Morgan fingerprint density at radius 3 is 2.30 bits per heavy atom. The maximum absolute atomic E-state index is 13.3. The van der Waals surface area contributed by atoms with Crippen LogP contribution in [-0.4, -0.2) is 30.1 Å². The predicted molar refractivity (Wildman–Crippen MR) is 161 cm³/mol. The van der Waals surface area contributed by atoms with Gasteiger partial charge < -0.3 is 9.84 Å². The third kappa shape index (κ3) is 8.40. The molecule has 7 nitrogen and oxygen atoms in total. The van der Waals surface area contributed by atoms with E-state index in [0.717, 1.165) is 30.0 Å². The smallest absolute Gasteiger partial charge is 0.417 e. The van der Waals surface area contributed by atoms with Gasteiger partial charge in [0.25, 0.3) is 10.0 Å². The normalized spacial score (nSPS) is 17.8. The van der Waals surface area contributed by atoms with Gasteiger partial charge in [0.2, 0.25) is 0 Å². The number of hydrogen-bond acceptors (Lipinski definition) is 6. The fourth-order valence-electron chi connectivity index (χ4n) is 5.63. The summed E-state index contributed by atoms with van der Waals surface area (Å²) in [5.74, 6) is -0.477. The van der Waals surface area contributed by atoms with Gasteiger partial charge in [0, 0.05) is 18.3 Å². The van der Waals surface area contributed by atoms with E-state index < -0.39 is 43.8 Å². The molecule has 0 bridgehead atoms. The summed E-state index contributed by atoms with van der Waals surface area (Å²) in [5, 5.41) is 10.6. The Morgan fingerprint density at radius 2 is 1.68 bits per heavy atom. The number of pyridine rings is 1. The van der Waals surface area contributed by atoms with Gasteiger partial charge in [0.05, 0.1) is 11.1 Å². The van der Waals surface area contributed by atoms with E-state index in [1.54, 1.807) is 18.2 Å². The van der Waals surface area contributed by atoms with Crippen LogP contribution in [-0.2, 0) is 38.6 Å². The molecule has 236 valence electrons. The topological polar surface area (TPSA) is 106 Å². The lowest BCUT2D eigenvalue weighted by Crippen LogP contribution is -2.41. The van der Waals surface area contributed by atoms with Crippen LogP contribution in [0.5, 0.6) is 0 Å². The maximum Gasteiger partial charge on any atom is 0.417 e. The Kier molecular flexibility index (Phi) is 9.77. The van der Waals surface area contributed by atoms with Crippen molar-refractivity contribution in [2.45, 2.75) is 82.5 Å². The van der Waals surface area contributed by atoms with Gasteiger partial charge in [0.15, 0.2) is 5.03 Å². The molecule has 1 aromatic heterocycles. The average molecular weight is 631 g/mol. The summed E-state index contributed by atoms with van der Waals surface area (Å²) in [6.45, 7) is 5.89. The number of rotatable bonds is 12. The van der Waals surface area contributed by atoms with Crippen LogP contribution in [0.1, 0.15) is 69.6 Å². The summed E-state index contributed by atoms with van der Waals surface area (Å²) in [4.78, 5) is 16.8. The van der Waals surface area contributed by atoms with Crippen molar-refractivity contribution in [3.63, 3.8) is 0 Å². The lowest BCUT2D eigenvalue weighted by molar-refractivity contribution is -0.161. The third-order valence-corrected chi connectivity index (χ3v) is 8.96. The van der Waals surface area contributed by atoms with Crippen molar-refractivity contribution in [3.8, 4) is 0 Å². The van der Waals surface area contributed by atoms with Crippen LogP contribution in [0.25, 0.3) is 0 Å². The van der Waals surface area contributed by atoms with Gasteiger partial charge >= 0.3 is 12.1 Å². The number of hydrogen-bond donors (Lipinski definition) is 2. The number of halogens is 3. The Hall–Kier alpha value is -3.86. The number of sulfonamides is 1. The van der Waals surface area contributed by atoms with Gasteiger partial charge in [-0.3, -0.25) is 4.72 Å². The molecular formula is C33H37F3N2O5S. The predicted octanol–water partition coefficient (Wildman–Crippen LogP) is 7.79. The first-order valence-electron chi connectivity index (χ1n) is 14.4. The van der Waals surface area contributed by atoms with E-state index in [1.165, 1.54) is 6.07 Å². The molecule has 0 radical (unpaired) electrons. The number of carbonyl (C=O) groups is 1. The van der Waals surface area contributed by atoms with E-state index in [4.69, 9.17) is 4.74 Å². The number of nitrogens with zero attached hydrogens (tertiary/aromatic N) is 1. The first-order valence-corrected chi connectivity index (χ1v) is 15.9. The second-order valence-corrected chi connectivity index (χ2v) is 13.7. The molecule has 1 aliphatic rings. The number of benzene rings is 2. The lowest BCUT2D eigenvalue weighted by atomic mass is 9.77. The highest BCUT2D eigenvalue weighted by Gasteiger charge is 2.42. The van der Waals surface area contributed by atoms with Gasteiger partial charge in [0.1, 0.15) is 11.4 Å². The van der Waals surface area contributed by atoms with Gasteiger partial charge in [-0.25, -0.2) is 9.78 Å². The summed E-state index contributed by atoms with van der Waals surface area (Å²) in [5.41, 5.74) is -0.00531. The molecule has 11 heteroatoms. The molecular weight excluding hydrogens is 593 g/mol. The van der Waals surface area contributed by atoms with Crippen molar-refractivity contribution in [2.75, 3.05) is 4.72 Å². The van der Waals surface area contributed by atoms with Crippen LogP contribution in [0.3, 0.4) is 0 Å².